The van der Waals surface area contributed by atoms with Gasteiger partial charge in [0.2, 0.25) is 0 Å². The number of aromatic nitrogens is 5. The van der Waals surface area contributed by atoms with Crippen LogP contribution >= 0.6 is 11.6 Å². The number of amides is 1. The van der Waals surface area contributed by atoms with Crippen LogP contribution in [0.1, 0.15) is 34.6 Å². The molecule has 13 heteroatoms. The van der Waals surface area contributed by atoms with Gasteiger partial charge in [0.25, 0.3) is 17.9 Å². The minimum absolute atomic E-state index is 0.0409. The molecule has 1 aromatic carbocycles. The Hall–Kier alpha value is -4.42. The quantitative estimate of drug-likeness (QED) is 0.213. The molecule has 1 unspecified atom stereocenters. The summed E-state index contributed by atoms with van der Waals surface area (Å²) in [6.45, 7) is 2.71. The zero-order valence-corrected chi connectivity index (χ0v) is 23.8. The molecule has 218 valence electrons. The topological polar surface area (TPSA) is 127 Å². The molecule has 5 rings (SSSR count). The standard InChI is InChI=1S/C29H28ClF2N7O3/c1-15-10-18(25-19(11-15)29(42)38(14-24(31)32)28-20(25)13-35-39(28)8-9-40)16(2)36-21-6-7-23(30)37-26(21)17-4-5-22(34-12-17)27(41)33-3/h4-7,10-13,16,24,36,40H,8-9,14H2,1-3H3,(H,33,41). The molecular formula is C29H28ClF2N7O3. The van der Waals surface area contributed by atoms with Gasteiger partial charge in [0, 0.05) is 41.0 Å². The Labute approximate surface area is 244 Å². The van der Waals surface area contributed by atoms with Gasteiger partial charge in [-0.05, 0) is 55.3 Å². The number of aliphatic hydroxyl groups is 1. The van der Waals surface area contributed by atoms with Crippen molar-refractivity contribution in [1.82, 2.24) is 29.6 Å². The molecule has 0 aliphatic rings. The number of benzene rings is 1. The average Bonchev–Trinajstić information content (AvgIpc) is 3.38. The van der Waals surface area contributed by atoms with Gasteiger partial charge in [-0.2, -0.15) is 5.10 Å². The number of carbonyl (C=O) groups is 1. The average molecular weight is 596 g/mol. The SMILES string of the molecule is CNC(=O)c1ccc(-c2nc(Cl)ccc2NC(C)c2cc(C)cc3c(=O)n(CC(F)F)c4c(cnn4CCO)c23)cn1. The fourth-order valence-corrected chi connectivity index (χ4v) is 5.30. The number of carbonyl (C=O) groups excluding carboxylic acids is 1. The van der Waals surface area contributed by atoms with Crippen molar-refractivity contribution in [3.63, 3.8) is 0 Å². The van der Waals surface area contributed by atoms with Gasteiger partial charge < -0.3 is 15.7 Å². The van der Waals surface area contributed by atoms with Crippen LogP contribution in [0.4, 0.5) is 14.5 Å². The number of nitrogens with one attached hydrogen (secondary N) is 2. The van der Waals surface area contributed by atoms with Crippen LogP contribution in [-0.4, -0.2) is 55.4 Å². The smallest absolute Gasteiger partial charge is 0.269 e. The van der Waals surface area contributed by atoms with Gasteiger partial charge in [0.1, 0.15) is 16.5 Å². The van der Waals surface area contributed by atoms with E-state index < -0.39 is 24.6 Å². The normalized spacial score (nSPS) is 12.3. The number of aryl methyl sites for hydroxylation is 1. The highest BCUT2D eigenvalue weighted by Gasteiger charge is 2.23. The number of hydrogen-bond donors (Lipinski definition) is 3. The highest BCUT2D eigenvalue weighted by molar-refractivity contribution is 6.29. The third-order valence-corrected chi connectivity index (χ3v) is 7.16. The maximum absolute atomic E-state index is 13.6. The molecule has 0 saturated heterocycles. The predicted molar refractivity (Wildman–Crippen MR) is 157 cm³/mol. The lowest BCUT2D eigenvalue weighted by atomic mass is 9.95. The number of alkyl halides is 2. The molecule has 0 bridgehead atoms. The van der Waals surface area contributed by atoms with Gasteiger partial charge in [-0.3, -0.25) is 19.1 Å². The fourth-order valence-electron chi connectivity index (χ4n) is 5.15. The highest BCUT2D eigenvalue weighted by atomic mass is 35.5. The number of nitrogens with zero attached hydrogens (tertiary/aromatic N) is 5. The Morgan fingerprint density at radius 1 is 1.14 bits per heavy atom. The minimum atomic E-state index is -2.76. The summed E-state index contributed by atoms with van der Waals surface area (Å²) >= 11 is 6.24. The lowest BCUT2D eigenvalue weighted by Gasteiger charge is -2.22. The summed E-state index contributed by atoms with van der Waals surface area (Å²) in [5.41, 5.74) is 3.17. The lowest BCUT2D eigenvalue weighted by Crippen LogP contribution is -2.26. The zero-order chi connectivity index (χ0) is 30.1. The third kappa shape index (κ3) is 5.42. The van der Waals surface area contributed by atoms with Crippen molar-refractivity contribution in [2.45, 2.75) is 39.4 Å². The van der Waals surface area contributed by atoms with E-state index in [9.17, 15) is 23.5 Å². The van der Waals surface area contributed by atoms with Crippen LogP contribution in [0.15, 0.2) is 53.6 Å². The van der Waals surface area contributed by atoms with Crippen LogP contribution in [0.2, 0.25) is 5.15 Å². The van der Waals surface area contributed by atoms with Crippen molar-refractivity contribution in [2.24, 2.45) is 0 Å². The second kappa shape index (κ2) is 11.8. The molecule has 0 aliphatic carbocycles. The molecule has 3 N–H and O–H groups in total. The van der Waals surface area contributed by atoms with Crippen LogP contribution in [-0.2, 0) is 13.1 Å². The molecule has 0 fully saturated rings. The summed E-state index contributed by atoms with van der Waals surface area (Å²) < 4.78 is 29.6. The van der Waals surface area contributed by atoms with E-state index in [0.717, 1.165) is 15.7 Å². The number of halogens is 3. The summed E-state index contributed by atoms with van der Waals surface area (Å²) in [7, 11) is 1.52. The maximum Gasteiger partial charge on any atom is 0.269 e. The summed E-state index contributed by atoms with van der Waals surface area (Å²) in [5, 5.41) is 21.5. The van der Waals surface area contributed by atoms with Crippen molar-refractivity contribution in [3.05, 3.63) is 81.1 Å². The summed E-state index contributed by atoms with van der Waals surface area (Å²) in [4.78, 5) is 34.3. The Balaban J connectivity index is 1.65. The van der Waals surface area contributed by atoms with Gasteiger partial charge >= 0.3 is 0 Å². The molecule has 0 radical (unpaired) electrons. The molecule has 5 aromatic rings. The van der Waals surface area contributed by atoms with E-state index in [1.807, 2.05) is 19.9 Å². The predicted octanol–water partition coefficient (Wildman–Crippen LogP) is 4.56. The first kappa shape index (κ1) is 29.1. The number of aliphatic hydroxyl groups excluding tert-OH is 1. The van der Waals surface area contributed by atoms with Crippen LogP contribution in [0.25, 0.3) is 33.1 Å². The number of anilines is 1. The van der Waals surface area contributed by atoms with Crippen LogP contribution in [0, 0.1) is 6.92 Å². The van der Waals surface area contributed by atoms with Crippen molar-refractivity contribution >= 4 is 45.0 Å². The van der Waals surface area contributed by atoms with Gasteiger partial charge in [-0.15, -0.1) is 0 Å². The summed E-state index contributed by atoms with van der Waals surface area (Å²) in [5.74, 6) is -0.319. The number of pyridine rings is 3. The Bertz CT molecular complexity index is 1860. The molecule has 0 spiro atoms. The Morgan fingerprint density at radius 3 is 2.60 bits per heavy atom. The molecule has 10 nitrogen and oxygen atoms in total. The second-order valence-corrected chi connectivity index (χ2v) is 10.2. The van der Waals surface area contributed by atoms with Crippen LogP contribution in [0.5, 0.6) is 0 Å². The van der Waals surface area contributed by atoms with Gasteiger partial charge in [0.15, 0.2) is 0 Å². The van der Waals surface area contributed by atoms with Gasteiger partial charge in [-0.1, -0.05) is 17.7 Å². The maximum atomic E-state index is 13.6. The molecule has 4 aromatic heterocycles. The van der Waals surface area contributed by atoms with Crippen molar-refractivity contribution in [2.75, 3.05) is 19.0 Å². The molecule has 0 saturated carbocycles. The molecule has 1 amide bonds. The van der Waals surface area contributed by atoms with Crippen LogP contribution < -0.4 is 16.2 Å². The first-order valence-corrected chi connectivity index (χ1v) is 13.5. The molecule has 1 atom stereocenters. The third-order valence-electron chi connectivity index (χ3n) is 6.95. The van der Waals surface area contributed by atoms with Gasteiger partial charge in [-0.25, -0.2) is 18.4 Å². The summed E-state index contributed by atoms with van der Waals surface area (Å²) in [6.07, 6.45) is 0.308. The largest absolute Gasteiger partial charge is 0.394 e. The monoisotopic (exact) mass is 595 g/mol. The number of rotatable bonds is 9. The first-order chi connectivity index (χ1) is 20.1. The minimum Gasteiger partial charge on any atom is -0.394 e. The number of fused-ring (bicyclic) bond motifs is 3. The Kier molecular flexibility index (Phi) is 8.19. The van der Waals surface area contributed by atoms with E-state index in [4.69, 9.17) is 11.6 Å². The number of hydrogen-bond acceptors (Lipinski definition) is 7. The summed E-state index contributed by atoms with van der Waals surface area (Å²) in [6, 6.07) is 9.94. The lowest BCUT2D eigenvalue weighted by molar-refractivity contribution is 0.0958. The van der Waals surface area contributed by atoms with E-state index >= 15 is 0 Å². The molecule has 0 aliphatic heterocycles. The fraction of sp³-hybridized carbons (Fsp3) is 0.276. The molecule has 4 heterocycles. The first-order valence-electron chi connectivity index (χ1n) is 13.2. The van der Waals surface area contributed by atoms with E-state index in [-0.39, 0.29) is 35.6 Å². The Morgan fingerprint density at radius 2 is 1.93 bits per heavy atom. The van der Waals surface area contributed by atoms with E-state index in [2.05, 4.69) is 25.7 Å². The second-order valence-electron chi connectivity index (χ2n) is 9.82. The molecule has 42 heavy (non-hydrogen) atoms. The highest BCUT2D eigenvalue weighted by Crippen LogP contribution is 2.35. The van der Waals surface area contributed by atoms with Crippen molar-refractivity contribution in [1.29, 1.82) is 0 Å². The van der Waals surface area contributed by atoms with Crippen molar-refractivity contribution < 1.29 is 18.7 Å². The van der Waals surface area contributed by atoms with E-state index in [1.54, 1.807) is 30.3 Å². The van der Waals surface area contributed by atoms with E-state index in [0.29, 0.717) is 33.1 Å². The van der Waals surface area contributed by atoms with E-state index in [1.165, 1.54) is 24.1 Å². The molecular weight excluding hydrogens is 568 g/mol. The zero-order valence-electron chi connectivity index (χ0n) is 23.0. The van der Waals surface area contributed by atoms with Gasteiger partial charge in [0.05, 0.1) is 37.3 Å². The van der Waals surface area contributed by atoms with Crippen molar-refractivity contribution in [3.8, 4) is 11.3 Å². The van der Waals surface area contributed by atoms with Crippen LogP contribution in [0.3, 0.4) is 0 Å².